The second-order valence-electron chi connectivity index (χ2n) is 8.99. The monoisotopic (exact) mass is 682 g/mol. The summed E-state index contributed by atoms with van der Waals surface area (Å²) in [4.78, 5) is 32.9. The van der Waals surface area contributed by atoms with Gasteiger partial charge in [-0.2, -0.15) is 0 Å². The highest BCUT2D eigenvalue weighted by atomic mass is 79.9. The molecule has 5 rings (SSSR count). The number of ether oxygens (including phenoxy) is 2. The second-order valence-corrected chi connectivity index (χ2v) is 11.6. The lowest BCUT2D eigenvalue weighted by molar-refractivity contribution is -0.138. The third-order valence-corrected chi connectivity index (χ3v) is 9.59. The predicted octanol–water partition coefficient (Wildman–Crippen LogP) is 5.48. The number of phenolic OH excluding ortho intramolecular Hbond substituents is 1. The molecule has 1 aromatic heterocycles. The Morgan fingerprint density at radius 3 is 2.48 bits per heavy atom. The standard InChI is InChI=1S/C30H24Br2N2O5S/c1-4-39-29(37)22-25(17-8-6-5-7-9-17)33-30-34(26(22)18-12-10-16(2)11-13-18)28(36)21(40-30)15-19-14-20(38-3)27(35)24(32)23(19)31/h5-15,26,35H,4H2,1-3H3/b21-15+/t26-/m0/s1. The lowest BCUT2D eigenvalue weighted by Gasteiger charge is -2.26. The molecule has 3 aromatic carbocycles. The first kappa shape index (κ1) is 28.1. The number of carbonyl (C=O) groups excluding carboxylic acids is 1. The summed E-state index contributed by atoms with van der Waals surface area (Å²) in [5, 5.41) is 10.4. The number of hydrogen-bond donors (Lipinski definition) is 1. The quantitative estimate of drug-likeness (QED) is 0.272. The molecular formula is C30H24Br2N2O5S. The number of nitrogens with zero attached hydrogens (tertiary/aromatic N) is 2. The number of esters is 1. The van der Waals surface area contributed by atoms with Crippen molar-refractivity contribution < 1.29 is 19.4 Å². The first-order valence-corrected chi connectivity index (χ1v) is 14.7. The molecule has 1 N–H and O–H groups in total. The predicted molar refractivity (Wildman–Crippen MR) is 162 cm³/mol. The Labute approximate surface area is 251 Å². The number of aromatic nitrogens is 1. The van der Waals surface area contributed by atoms with E-state index < -0.39 is 12.0 Å². The topological polar surface area (TPSA) is 90.1 Å². The molecule has 1 atom stereocenters. The number of methoxy groups -OCH3 is 1. The van der Waals surface area contributed by atoms with Crippen molar-refractivity contribution in [3.05, 3.63) is 117 Å². The fourth-order valence-electron chi connectivity index (χ4n) is 4.52. The number of aromatic hydroxyl groups is 1. The van der Waals surface area contributed by atoms with Gasteiger partial charge in [0.25, 0.3) is 5.56 Å². The minimum absolute atomic E-state index is 0.0565. The summed E-state index contributed by atoms with van der Waals surface area (Å²) in [6, 6.07) is 18.1. The van der Waals surface area contributed by atoms with Crippen LogP contribution in [0, 0.1) is 6.92 Å². The Balaban J connectivity index is 1.84. The van der Waals surface area contributed by atoms with Crippen LogP contribution >= 0.6 is 43.2 Å². The van der Waals surface area contributed by atoms with E-state index >= 15 is 0 Å². The van der Waals surface area contributed by atoms with Crippen LogP contribution in [0.3, 0.4) is 0 Å². The Hall–Kier alpha value is -3.47. The Kier molecular flexibility index (Phi) is 8.11. The third-order valence-electron chi connectivity index (χ3n) is 6.45. The van der Waals surface area contributed by atoms with Crippen molar-refractivity contribution in [2.75, 3.05) is 13.7 Å². The van der Waals surface area contributed by atoms with Gasteiger partial charge in [-0.3, -0.25) is 9.36 Å². The van der Waals surface area contributed by atoms with Crippen molar-refractivity contribution in [3.8, 4) is 11.5 Å². The number of phenols is 1. The van der Waals surface area contributed by atoms with Gasteiger partial charge in [0.15, 0.2) is 16.3 Å². The van der Waals surface area contributed by atoms with Gasteiger partial charge < -0.3 is 14.6 Å². The van der Waals surface area contributed by atoms with Crippen LogP contribution in [0.25, 0.3) is 11.8 Å². The van der Waals surface area contributed by atoms with Gasteiger partial charge in [-0.25, -0.2) is 9.79 Å². The molecule has 0 aliphatic carbocycles. The average Bonchev–Trinajstić information content (AvgIpc) is 3.27. The largest absolute Gasteiger partial charge is 0.503 e. The molecule has 1 aliphatic rings. The molecule has 0 amide bonds. The first-order valence-electron chi connectivity index (χ1n) is 12.3. The summed E-state index contributed by atoms with van der Waals surface area (Å²) in [5.41, 5.74) is 3.64. The summed E-state index contributed by atoms with van der Waals surface area (Å²) >= 11 is 8.09. The molecule has 0 bridgehead atoms. The zero-order chi connectivity index (χ0) is 28.6. The van der Waals surface area contributed by atoms with Crippen molar-refractivity contribution in [1.82, 2.24) is 4.57 Å². The SMILES string of the molecule is CCOC(=O)C1=C(c2ccccc2)N=c2s/c(=C/c3cc(OC)c(O)c(Br)c3Br)c(=O)n2[C@H]1c1ccc(C)cc1. The molecule has 204 valence electrons. The number of carbonyl (C=O) groups is 1. The van der Waals surface area contributed by atoms with Crippen LogP contribution in [0.4, 0.5) is 0 Å². The van der Waals surface area contributed by atoms with Gasteiger partial charge in [-0.15, -0.1) is 0 Å². The summed E-state index contributed by atoms with van der Waals surface area (Å²) < 4.78 is 13.7. The Bertz CT molecular complexity index is 1830. The maximum Gasteiger partial charge on any atom is 0.338 e. The highest BCUT2D eigenvalue weighted by molar-refractivity contribution is 9.13. The van der Waals surface area contributed by atoms with Crippen molar-refractivity contribution >= 4 is 60.9 Å². The van der Waals surface area contributed by atoms with E-state index in [1.165, 1.54) is 18.4 Å². The average molecular weight is 684 g/mol. The molecular weight excluding hydrogens is 660 g/mol. The molecule has 4 aromatic rings. The van der Waals surface area contributed by atoms with Crippen molar-refractivity contribution in [2.45, 2.75) is 19.9 Å². The molecule has 0 spiro atoms. The van der Waals surface area contributed by atoms with Gasteiger partial charge in [0.05, 0.1) is 40.0 Å². The first-order chi connectivity index (χ1) is 19.2. The summed E-state index contributed by atoms with van der Waals surface area (Å²) in [6.45, 7) is 3.91. The van der Waals surface area contributed by atoms with E-state index in [-0.39, 0.29) is 23.7 Å². The van der Waals surface area contributed by atoms with Gasteiger partial charge in [-0.1, -0.05) is 71.5 Å². The number of fused-ring (bicyclic) bond motifs is 1. The van der Waals surface area contributed by atoms with Gasteiger partial charge >= 0.3 is 5.97 Å². The fourth-order valence-corrected chi connectivity index (χ4v) is 6.35. The number of aryl methyl sites for hydroxylation is 1. The minimum Gasteiger partial charge on any atom is -0.503 e. The highest BCUT2D eigenvalue weighted by Crippen LogP contribution is 2.42. The molecule has 2 heterocycles. The molecule has 7 nitrogen and oxygen atoms in total. The number of hydrogen-bond acceptors (Lipinski definition) is 7. The molecule has 0 unspecified atom stereocenters. The fraction of sp³-hybridized carbons (Fsp3) is 0.167. The van der Waals surface area contributed by atoms with E-state index in [2.05, 4.69) is 31.9 Å². The van der Waals surface area contributed by atoms with Gasteiger partial charge in [0, 0.05) is 10.0 Å². The number of halogens is 2. The van der Waals surface area contributed by atoms with E-state index in [0.29, 0.717) is 35.1 Å². The highest BCUT2D eigenvalue weighted by Gasteiger charge is 2.35. The smallest absolute Gasteiger partial charge is 0.338 e. The lowest BCUT2D eigenvalue weighted by atomic mass is 9.92. The van der Waals surface area contributed by atoms with Crippen LogP contribution in [-0.2, 0) is 9.53 Å². The van der Waals surface area contributed by atoms with Crippen LogP contribution in [0.1, 0.15) is 35.2 Å². The number of thiazole rings is 1. The van der Waals surface area contributed by atoms with Crippen molar-refractivity contribution in [1.29, 1.82) is 0 Å². The van der Waals surface area contributed by atoms with E-state index in [9.17, 15) is 14.7 Å². The lowest BCUT2D eigenvalue weighted by Crippen LogP contribution is -2.40. The summed E-state index contributed by atoms with van der Waals surface area (Å²) in [5.74, 6) is -0.332. The van der Waals surface area contributed by atoms with Crippen LogP contribution in [0.2, 0.25) is 0 Å². The van der Waals surface area contributed by atoms with Gasteiger partial charge in [0.1, 0.15) is 0 Å². The Morgan fingerprint density at radius 2 is 1.82 bits per heavy atom. The molecule has 0 radical (unpaired) electrons. The third kappa shape index (κ3) is 5.07. The molecule has 1 aliphatic heterocycles. The van der Waals surface area contributed by atoms with E-state index in [1.807, 2.05) is 61.5 Å². The minimum atomic E-state index is -0.752. The molecule has 0 saturated heterocycles. The maximum absolute atomic E-state index is 14.1. The van der Waals surface area contributed by atoms with Gasteiger partial charge in [-0.05, 0) is 69.0 Å². The molecule has 10 heteroatoms. The summed E-state index contributed by atoms with van der Waals surface area (Å²) in [7, 11) is 1.46. The van der Waals surface area contributed by atoms with E-state index in [1.54, 1.807) is 23.6 Å². The zero-order valence-corrected chi connectivity index (χ0v) is 25.8. The van der Waals surface area contributed by atoms with Crippen LogP contribution in [0.15, 0.2) is 85.0 Å². The normalized spacial score (nSPS) is 15.0. The molecule has 0 saturated carbocycles. The number of benzene rings is 3. The van der Waals surface area contributed by atoms with Crippen LogP contribution < -0.4 is 19.6 Å². The molecule has 0 fully saturated rings. The van der Waals surface area contributed by atoms with E-state index in [0.717, 1.165) is 16.7 Å². The summed E-state index contributed by atoms with van der Waals surface area (Å²) in [6.07, 6.45) is 1.71. The van der Waals surface area contributed by atoms with Crippen molar-refractivity contribution in [3.63, 3.8) is 0 Å². The van der Waals surface area contributed by atoms with E-state index in [4.69, 9.17) is 14.5 Å². The number of rotatable bonds is 6. The molecule has 40 heavy (non-hydrogen) atoms. The van der Waals surface area contributed by atoms with Crippen molar-refractivity contribution in [2.24, 2.45) is 4.99 Å². The van der Waals surface area contributed by atoms with Gasteiger partial charge in [0.2, 0.25) is 0 Å². The second kappa shape index (κ2) is 11.6. The maximum atomic E-state index is 14.1. The van der Waals surface area contributed by atoms with Crippen LogP contribution in [-0.4, -0.2) is 29.4 Å². The zero-order valence-electron chi connectivity index (χ0n) is 21.8. The Morgan fingerprint density at radius 1 is 1.12 bits per heavy atom. The van der Waals surface area contributed by atoms with Crippen LogP contribution in [0.5, 0.6) is 11.5 Å².